The van der Waals surface area contributed by atoms with Crippen molar-refractivity contribution < 1.29 is 14.8 Å². The third kappa shape index (κ3) is 4.03. The smallest absolute Gasteiger partial charge is 0.292 e. The number of hydrogen-bond donors (Lipinski definition) is 1. The van der Waals surface area contributed by atoms with E-state index in [0.29, 0.717) is 35.1 Å². The summed E-state index contributed by atoms with van der Waals surface area (Å²) in [4.78, 5) is 12.9. The fraction of sp³-hybridized carbons (Fsp3) is 0.333. The Hall–Kier alpha value is -2.31. The molecule has 1 N–H and O–H groups in total. The van der Waals surface area contributed by atoms with Crippen LogP contribution in [0.3, 0.4) is 0 Å². The number of rotatable bonds is 5. The number of nitrogens with zero attached hydrogens (tertiary/aromatic N) is 2. The van der Waals surface area contributed by atoms with E-state index in [9.17, 15) is 15.2 Å². The Labute approximate surface area is 150 Å². The number of nitro benzene ring substituents is 1. The van der Waals surface area contributed by atoms with E-state index in [1.165, 1.54) is 6.07 Å². The van der Waals surface area contributed by atoms with Crippen LogP contribution in [0.1, 0.15) is 18.4 Å². The lowest BCUT2D eigenvalue weighted by molar-refractivity contribution is -0.384. The van der Waals surface area contributed by atoms with Crippen molar-refractivity contribution in [2.75, 3.05) is 18.0 Å². The van der Waals surface area contributed by atoms with Crippen molar-refractivity contribution in [1.82, 2.24) is 0 Å². The Bertz CT molecular complexity index is 760. The van der Waals surface area contributed by atoms with Crippen molar-refractivity contribution in [3.8, 4) is 5.75 Å². The summed E-state index contributed by atoms with van der Waals surface area (Å²) in [5.74, 6) is 0.663. The highest BCUT2D eigenvalue weighted by atomic mass is 35.5. The van der Waals surface area contributed by atoms with Crippen LogP contribution in [0.4, 0.5) is 11.4 Å². The Morgan fingerprint density at radius 1 is 1.24 bits per heavy atom. The number of nitro groups is 1. The van der Waals surface area contributed by atoms with Gasteiger partial charge in [0.25, 0.3) is 5.69 Å². The molecule has 2 aromatic carbocycles. The molecule has 7 heteroatoms. The van der Waals surface area contributed by atoms with Gasteiger partial charge in [0.2, 0.25) is 0 Å². The first-order chi connectivity index (χ1) is 12.1. The zero-order valence-corrected chi connectivity index (χ0v) is 14.4. The van der Waals surface area contributed by atoms with Crippen molar-refractivity contribution in [3.63, 3.8) is 0 Å². The topological polar surface area (TPSA) is 75.8 Å². The van der Waals surface area contributed by atoms with E-state index in [-0.39, 0.29) is 23.3 Å². The summed E-state index contributed by atoms with van der Waals surface area (Å²) < 4.78 is 5.96. The quantitative estimate of drug-likeness (QED) is 0.647. The normalized spacial score (nSPS) is 15.2. The molecule has 0 radical (unpaired) electrons. The lowest BCUT2D eigenvalue weighted by Gasteiger charge is -2.33. The average Bonchev–Trinajstić information content (AvgIpc) is 2.63. The first kappa shape index (κ1) is 17.5. The highest BCUT2D eigenvalue weighted by Gasteiger charge is 2.26. The first-order valence-electron chi connectivity index (χ1n) is 8.13. The number of piperidine rings is 1. The number of aliphatic hydroxyl groups excluding tert-OH is 1. The van der Waals surface area contributed by atoms with Crippen molar-refractivity contribution in [2.24, 2.45) is 0 Å². The van der Waals surface area contributed by atoms with Crippen molar-refractivity contribution >= 4 is 23.0 Å². The Kier molecular flexibility index (Phi) is 5.40. The minimum absolute atomic E-state index is 0.0243. The van der Waals surface area contributed by atoms with Crippen LogP contribution in [0.15, 0.2) is 42.5 Å². The molecule has 1 heterocycles. The Morgan fingerprint density at radius 3 is 2.60 bits per heavy atom. The Balaban J connectivity index is 1.70. The van der Waals surface area contributed by atoms with Gasteiger partial charge in [-0.2, -0.15) is 0 Å². The van der Waals surface area contributed by atoms with Gasteiger partial charge in [0.05, 0.1) is 16.6 Å². The number of anilines is 1. The van der Waals surface area contributed by atoms with Gasteiger partial charge in [0.15, 0.2) is 0 Å². The molecule has 132 valence electrons. The largest absolute Gasteiger partial charge is 0.489 e. The minimum Gasteiger partial charge on any atom is -0.489 e. The molecule has 0 atom stereocenters. The monoisotopic (exact) mass is 362 g/mol. The Morgan fingerprint density at radius 2 is 1.96 bits per heavy atom. The van der Waals surface area contributed by atoms with Crippen molar-refractivity contribution in [3.05, 3.63) is 63.2 Å². The van der Waals surface area contributed by atoms with Crippen LogP contribution in [0.2, 0.25) is 5.02 Å². The zero-order chi connectivity index (χ0) is 17.8. The zero-order valence-electron chi connectivity index (χ0n) is 13.6. The summed E-state index contributed by atoms with van der Waals surface area (Å²) in [6, 6.07) is 12.1. The second-order valence-electron chi connectivity index (χ2n) is 5.97. The van der Waals surface area contributed by atoms with Crippen molar-refractivity contribution in [1.29, 1.82) is 0 Å². The maximum absolute atomic E-state index is 11.3. The molecule has 25 heavy (non-hydrogen) atoms. The molecule has 3 rings (SSSR count). The van der Waals surface area contributed by atoms with Gasteiger partial charge < -0.3 is 14.7 Å². The van der Waals surface area contributed by atoms with E-state index >= 15 is 0 Å². The lowest BCUT2D eigenvalue weighted by Crippen LogP contribution is -2.38. The highest BCUT2D eigenvalue weighted by Crippen LogP contribution is 2.33. The second-order valence-corrected chi connectivity index (χ2v) is 6.38. The second kappa shape index (κ2) is 7.72. The van der Waals surface area contributed by atoms with Crippen LogP contribution >= 0.6 is 11.6 Å². The van der Waals surface area contributed by atoms with Gasteiger partial charge in [-0.3, -0.25) is 10.1 Å². The highest BCUT2D eigenvalue weighted by molar-refractivity contribution is 6.32. The summed E-state index contributed by atoms with van der Waals surface area (Å²) in [6.45, 7) is 1.15. The molecule has 0 aromatic heterocycles. The third-order valence-corrected chi connectivity index (χ3v) is 4.64. The summed E-state index contributed by atoms with van der Waals surface area (Å²) >= 11 is 6.12. The van der Waals surface area contributed by atoms with Crippen LogP contribution in [0.5, 0.6) is 5.75 Å². The van der Waals surface area contributed by atoms with E-state index in [1.807, 2.05) is 23.1 Å². The number of ether oxygens (including phenoxy) is 1. The van der Waals surface area contributed by atoms with Crippen LogP contribution in [-0.4, -0.2) is 29.2 Å². The number of benzene rings is 2. The van der Waals surface area contributed by atoms with E-state index < -0.39 is 0 Å². The predicted molar refractivity (Wildman–Crippen MR) is 96.3 cm³/mol. The van der Waals surface area contributed by atoms with Gasteiger partial charge in [-0.15, -0.1) is 0 Å². The van der Waals surface area contributed by atoms with Crippen LogP contribution in [0.25, 0.3) is 0 Å². The summed E-state index contributed by atoms with van der Waals surface area (Å²) in [5, 5.41) is 21.2. The molecule has 0 amide bonds. The molecule has 1 aliphatic rings. The first-order valence-corrected chi connectivity index (χ1v) is 8.50. The van der Waals surface area contributed by atoms with Gasteiger partial charge in [-0.05, 0) is 29.8 Å². The van der Waals surface area contributed by atoms with E-state index in [2.05, 4.69) is 0 Å². The van der Waals surface area contributed by atoms with Gasteiger partial charge >= 0.3 is 0 Å². The molecule has 0 spiro atoms. The van der Waals surface area contributed by atoms with Gasteiger partial charge in [0, 0.05) is 32.0 Å². The number of para-hydroxylation sites is 1. The van der Waals surface area contributed by atoms with Crippen molar-refractivity contribution in [2.45, 2.75) is 25.6 Å². The molecule has 1 saturated heterocycles. The van der Waals surface area contributed by atoms with Crippen LogP contribution in [-0.2, 0) is 6.61 Å². The average molecular weight is 363 g/mol. The maximum Gasteiger partial charge on any atom is 0.292 e. The summed E-state index contributed by atoms with van der Waals surface area (Å²) in [5.41, 5.74) is 1.27. The maximum atomic E-state index is 11.3. The number of hydrogen-bond acceptors (Lipinski definition) is 5. The SMILES string of the molecule is O=[N+]([O-])c1ccc(CO)cc1N1CCC(Oc2ccccc2Cl)CC1. The van der Waals surface area contributed by atoms with Gasteiger partial charge in [-0.25, -0.2) is 0 Å². The summed E-state index contributed by atoms with van der Waals surface area (Å²) in [6.07, 6.45) is 1.51. The molecule has 1 aliphatic heterocycles. The molecule has 0 bridgehead atoms. The fourth-order valence-corrected chi connectivity index (χ4v) is 3.19. The fourth-order valence-electron chi connectivity index (χ4n) is 3.01. The predicted octanol–water partition coefficient (Wildman–Crippen LogP) is 3.79. The number of aliphatic hydroxyl groups is 1. The molecule has 0 aliphatic carbocycles. The summed E-state index contributed by atoms with van der Waals surface area (Å²) in [7, 11) is 0. The molecular weight excluding hydrogens is 344 g/mol. The van der Waals surface area contributed by atoms with Gasteiger partial charge in [0.1, 0.15) is 17.5 Å². The van der Waals surface area contributed by atoms with Crippen LogP contribution < -0.4 is 9.64 Å². The van der Waals surface area contributed by atoms with E-state index in [4.69, 9.17) is 16.3 Å². The van der Waals surface area contributed by atoms with E-state index in [1.54, 1.807) is 18.2 Å². The molecule has 1 fully saturated rings. The van der Waals surface area contributed by atoms with Gasteiger partial charge in [-0.1, -0.05) is 23.7 Å². The lowest BCUT2D eigenvalue weighted by atomic mass is 10.1. The molecular formula is C18H19ClN2O4. The number of halogens is 1. The molecule has 0 unspecified atom stereocenters. The van der Waals surface area contributed by atoms with E-state index in [0.717, 1.165) is 12.8 Å². The molecule has 6 nitrogen and oxygen atoms in total. The van der Waals surface area contributed by atoms with Crippen LogP contribution in [0, 0.1) is 10.1 Å². The molecule has 0 saturated carbocycles. The standard InChI is InChI=1S/C18H19ClN2O4/c19-15-3-1-2-4-18(15)25-14-7-9-20(10-8-14)17-11-13(12-22)5-6-16(17)21(23)24/h1-6,11,14,22H,7-10,12H2. The minimum atomic E-state index is -0.386. The third-order valence-electron chi connectivity index (χ3n) is 4.33. The molecule has 2 aromatic rings.